The van der Waals surface area contributed by atoms with Crippen LogP contribution in [0.1, 0.15) is 39.0 Å². The SMILES string of the molecule is CCN(CC)c1ccc(/N=C2C(c3ccccc3OC)=NN/N=C(C)/N=C/2C)c(C)n1. The Balaban J connectivity index is 2.16. The topological polar surface area (TPSA) is 86.8 Å². The molecule has 1 aromatic heterocycles. The summed E-state index contributed by atoms with van der Waals surface area (Å²) in [5, 5.41) is 8.65. The molecule has 0 radical (unpaired) electrons. The van der Waals surface area contributed by atoms with E-state index in [1.54, 1.807) is 7.11 Å². The Morgan fingerprint density at radius 1 is 1.00 bits per heavy atom. The van der Waals surface area contributed by atoms with Gasteiger partial charge in [-0.1, -0.05) is 12.1 Å². The monoisotopic (exact) mass is 419 g/mol. The quantitative estimate of drug-likeness (QED) is 0.763. The van der Waals surface area contributed by atoms with Crippen LogP contribution >= 0.6 is 0 Å². The van der Waals surface area contributed by atoms with Crippen LogP contribution in [0.2, 0.25) is 0 Å². The maximum absolute atomic E-state index is 5.56. The largest absolute Gasteiger partial charge is 0.496 e. The molecule has 0 fully saturated rings. The van der Waals surface area contributed by atoms with Crippen LogP contribution in [0.25, 0.3) is 0 Å². The number of nitrogens with one attached hydrogen (secondary N) is 1. The number of nitrogens with zero attached hydrogens (tertiary/aromatic N) is 6. The summed E-state index contributed by atoms with van der Waals surface area (Å²) >= 11 is 0. The Morgan fingerprint density at radius 3 is 2.42 bits per heavy atom. The Kier molecular flexibility index (Phi) is 7.12. The molecule has 0 saturated heterocycles. The average molecular weight is 420 g/mol. The van der Waals surface area contributed by atoms with Crippen LogP contribution in [0.15, 0.2) is 56.6 Å². The summed E-state index contributed by atoms with van der Waals surface area (Å²) in [4.78, 5) is 16.5. The maximum atomic E-state index is 5.56. The number of anilines is 1. The van der Waals surface area contributed by atoms with Gasteiger partial charge in [0.05, 0.1) is 24.2 Å². The van der Waals surface area contributed by atoms with Crippen molar-refractivity contribution in [2.45, 2.75) is 34.6 Å². The van der Waals surface area contributed by atoms with Crippen LogP contribution in [0.4, 0.5) is 11.5 Å². The zero-order valence-corrected chi connectivity index (χ0v) is 19.0. The molecule has 0 bridgehead atoms. The number of amidine groups is 1. The van der Waals surface area contributed by atoms with Crippen molar-refractivity contribution in [1.29, 1.82) is 0 Å². The molecule has 8 heteroatoms. The lowest BCUT2D eigenvalue weighted by atomic mass is 10.0. The molecule has 1 aliphatic heterocycles. The number of aromatic nitrogens is 1. The minimum absolute atomic E-state index is 0.569. The van der Waals surface area contributed by atoms with Gasteiger partial charge in [-0.15, -0.1) is 5.10 Å². The van der Waals surface area contributed by atoms with Crippen LogP contribution in [-0.2, 0) is 0 Å². The molecule has 1 aliphatic rings. The van der Waals surface area contributed by atoms with Crippen molar-refractivity contribution in [1.82, 2.24) is 10.5 Å². The second-order valence-corrected chi connectivity index (χ2v) is 7.02. The first kappa shape index (κ1) is 22.1. The number of hydrogen-bond acceptors (Lipinski definition) is 8. The summed E-state index contributed by atoms with van der Waals surface area (Å²) < 4.78 is 5.56. The lowest BCUT2D eigenvalue weighted by Crippen LogP contribution is -2.28. The van der Waals surface area contributed by atoms with Gasteiger partial charge in [-0.3, -0.25) is 0 Å². The fourth-order valence-electron chi connectivity index (χ4n) is 3.36. The Hall–Kier alpha value is -3.55. The highest BCUT2D eigenvalue weighted by molar-refractivity contribution is 6.72. The molecule has 1 aromatic carbocycles. The van der Waals surface area contributed by atoms with Crippen molar-refractivity contribution in [2.75, 3.05) is 25.1 Å². The van der Waals surface area contributed by atoms with Gasteiger partial charge < -0.3 is 9.64 Å². The lowest BCUT2D eigenvalue weighted by Gasteiger charge is -2.20. The number of aryl methyl sites for hydroxylation is 1. The van der Waals surface area contributed by atoms with Crippen molar-refractivity contribution < 1.29 is 4.74 Å². The molecule has 0 amide bonds. The predicted octanol–water partition coefficient (Wildman–Crippen LogP) is 4.12. The number of hydrazone groups is 2. The molecule has 0 atom stereocenters. The Labute approximate surface area is 183 Å². The van der Waals surface area contributed by atoms with E-state index in [4.69, 9.17) is 14.7 Å². The van der Waals surface area contributed by atoms with Gasteiger partial charge >= 0.3 is 0 Å². The normalized spacial score (nSPS) is 18.6. The van der Waals surface area contributed by atoms with E-state index in [1.807, 2.05) is 57.2 Å². The van der Waals surface area contributed by atoms with Crippen molar-refractivity contribution in [3.05, 3.63) is 47.7 Å². The zero-order chi connectivity index (χ0) is 22.4. The minimum Gasteiger partial charge on any atom is -0.496 e. The van der Waals surface area contributed by atoms with E-state index in [-0.39, 0.29) is 0 Å². The maximum Gasteiger partial charge on any atom is 0.147 e. The molecule has 2 aromatic rings. The summed E-state index contributed by atoms with van der Waals surface area (Å²) in [6.07, 6.45) is 0. The minimum atomic E-state index is 0.569. The lowest BCUT2D eigenvalue weighted by molar-refractivity contribution is 0.414. The zero-order valence-electron chi connectivity index (χ0n) is 19.0. The van der Waals surface area contributed by atoms with Gasteiger partial charge in [0.15, 0.2) is 0 Å². The second-order valence-electron chi connectivity index (χ2n) is 7.02. The fourth-order valence-corrected chi connectivity index (χ4v) is 3.36. The summed E-state index contributed by atoms with van der Waals surface area (Å²) in [6.45, 7) is 11.7. The van der Waals surface area contributed by atoms with E-state index in [0.29, 0.717) is 28.7 Å². The number of rotatable bonds is 6. The number of ether oxygens (including phenoxy) is 1. The van der Waals surface area contributed by atoms with Crippen molar-refractivity contribution in [2.24, 2.45) is 20.2 Å². The first-order valence-corrected chi connectivity index (χ1v) is 10.4. The molecular weight excluding hydrogens is 390 g/mol. The van der Waals surface area contributed by atoms with Gasteiger partial charge in [0, 0.05) is 18.7 Å². The fraction of sp³-hybridized carbons (Fsp3) is 0.348. The summed E-state index contributed by atoms with van der Waals surface area (Å²) in [5.41, 5.74) is 7.07. The summed E-state index contributed by atoms with van der Waals surface area (Å²) in [6, 6.07) is 11.7. The van der Waals surface area contributed by atoms with Gasteiger partial charge in [0.25, 0.3) is 0 Å². The van der Waals surface area contributed by atoms with Crippen molar-refractivity contribution in [3.63, 3.8) is 0 Å². The van der Waals surface area contributed by atoms with E-state index in [9.17, 15) is 0 Å². The van der Waals surface area contributed by atoms with Gasteiger partial charge in [0.1, 0.15) is 28.8 Å². The number of benzene rings is 1. The molecule has 0 aliphatic carbocycles. The third kappa shape index (κ3) is 4.96. The van der Waals surface area contributed by atoms with Gasteiger partial charge in [-0.05, 0) is 58.9 Å². The molecular formula is C23H29N7O. The van der Waals surface area contributed by atoms with Crippen LogP contribution < -0.4 is 15.2 Å². The number of pyridine rings is 1. The average Bonchev–Trinajstić information content (AvgIpc) is 2.76. The van der Waals surface area contributed by atoms with E-state index >= 15 is 0 Å². The van der Waals surface area contributed by atoms with Crippen LogP contribution in [0.5, 0.6) is 5.75 Å². The van der Waals surface area contributed by atoms with E-state index in [0.717, 1.165) is 35.9 Å². The van der Waals surface area contributed by atoms with Crippen LogP contribution in [0.3, 0.4) is 0 Å². The van der Waals surface area contributed by atoms with Gasteiger partial charge in [-0.2, -0.15) is 10.6 Å². The smallest absolute Gasteiger partial charge is 0.147 e. The van der Waals surface area contributed by atoms with E-state index < -0.39 is 0 Å². The number of methoxy groups -OCH3 is 1. The standard InChI is InChI=1S/C23H29N7O/c1-7-30(8-2)21-14-13-19(15(3)25-21)26-22-16(4)24-17(5)27-29-28-23(22)18-11-9-10-12-20(18)31-6/h9-14,29H,7-8H2,1-6H3/b24-16+,26-22+,27-17+,28-23?. The Bertz CT molecular complexity index is 1070. The molecule has 0 unspecified atom stereocenters. The number of hydrogen-bond donors (Lipinski definition) is 1. The third-order valence-electron chi connectivity index (χ3n) is 5.00. The highest BCUT2D eigenvalue weighted by atomic mass is 16.5. The number of para-hydroxylation sites is 1. The Morgan fingerprint density at radius 2 is 1.74 bits per heavy atom. The van der Waals surface area contributed by atoms with E-state index in [2.05, 4.69) is 39.5 Å². The molecule has 0 saturated carbocycles. The third-order valence-corrected chi connectivity index (χ3v) is 5.00. The number of aliphatic imine (C=N–C) groups is 2. The summed E-state index contributed by atoms with van der Waals surface area (Å²) in [7, 11) is 1.63. The molecule has 31 heavy (non-hydrogen) atoms. The van der Waals surface area contributed by atoms with Gasteiger partial charge in [-0.25, -0.2) is 15.0 Å². The van der Waals surface area contributed by atoms with E-state index in [1.165, 1.54) is 0 Å². The van der Waals surface area contributed by atoms with Crippen LogP contribution in [-0.4, -0.2) is 48.2 Å². The molecule has 2 heterocycles. The first-order valence-electron chi connectivity index (χ1n) is 10.4. The van der Waals surface area contributed by atoms with Crippen molar-refractivity contribution in [3.8, 4) is 5.75 Å². The summed E-state index contributed by atoms with van der Waals surface area (Å²) in [5.74, 6) is 2.20. The second kappa shape index (κ2) is 9.97. The predicted molar refractivity (Wildman–Crippen MR) is 129 cm³/mol. The molecule has 162 valence electrons. The van der Waals surface area contributed by atoms with Crippen LogP contribution in [0, 0.1) is 6.92 Å². The highest BCUT2D eigenvalue weighted by Crippen LogP contribution is 2.24. The molecule has 0 spiro atoms. The first-order chi connectivity index (χ1) is 15.0. The van der Waals surface area contributed by atoms with Gasteiger partial charge in [0.2, 0.25) is 0 Å². The molecule has 1 N–H and O–H groups in total. The molecule has 8 nitrogen and oxygen atoms in total. The molecule has 3 rings (SSSR count). The highest BCUT2D eigenvalue weighted by Gasteiger charge is 2.21. The van der Waals surface area contributed by atoms with Crippen molar-refractivity contribution >= 4 is 34.5 Å².